The number of carbonyl (C=O) groups is 1. The maximum absolute atomic E-state index is 12.9. The summed E-state index contributed by atoms with van der Waals surface area (Å²) in [5.41, 5.74) is 1.65. The van der Waals surface area contributed by atoms with E-state index in [9.17, 15) is 18.1 Å². The Morgan fingerprint density at radius 1 is 1.32 bits per heavy atom. The first-order valence-electron chi connectivity index (χ1n) is 8.34. The lowest BCUT2D eigenvalue weighted by molar-refractivity contribution is 0.0198. The van der Waals surface area contributed by atoms with Crippen molar-refractivity contribution >= 4 is 15.9 Å². The number of sulfonamides is 1. The van der Waals surface area contributed by atoms with Gasteiger partial charge < -0.3 is 4.74 Å². The van der Waals surface area contributed by atoms with Gasteiger partial charge in [0.1, 0.15) is 0 Å². The Morgan fingerprint density at radius 3 is 2.64 bits per heavy atom. The van der Waals surface area contributed by atoms with Crippen LogP contribution in [0.15, 0.2) is 34.4 Å². The average molecular weight is 369 g/mol. The summed E-state index contributed by atoms with van der Waals surface area (Å²) in [6.45, 7) is 3.45. The van der Waals surface area contributed by atoms with Crippen LogP contribution in [-0.4, -0.2) is 44.4 Å². The predicted octanol–water partition coefficient (Wildman–Crippen LogP) is 2.07. The molecule has 0 bridgehead atoms. The fourth-order valence-electron chi connectivity index (χ4n) is 2.75. The molecule has 25 heavy (non-hydrogen) atoms. The molecule has 1 N–H and O–H groups in total. The lowest BCUT2D eigenvalue weighted by Gasteiger charge is -2.31. The van der Waals surface area contributed by atoms with Crippen LogP contribution in [0.1, 0.15) is 43.0 Å². The number of hydrogen-bond donors (Lipinski definition) is 1. The third kappa shape index (κ3) is 4.83. The normalized spacial score (nSPS) is 16.5. The summed E-state index contributed by atoms with van der Waals surface area (Å²) in [4.78, 5) is 22.0. The van der Waals surface area contributed by atoms with Gasteiger partial charge in [0, 0.05) is 19.7 Å². The summed E-state index contributed by atoms with van der Waals surface area (Å²) in [6, 6.07) is 5.79. The Morgan fingerprint density at radius 2 is 2.00 bits per heavy atom. The van der Waals surface area contributed by atoms with Crippen molar-refractivity contribution < 1.29 is 17.9 Å². The number of amides is 1. The smallest absolute Gasteiger partial charge is 0.275 e. The SMILES string of the molecule is CCCCOC1CCN(S(=O)(=O)c2ccccc2C(=O)NN=O)CC1. The second-order valence-corrected chi connectivity index (χ2v) is 7.76. The Kier molecular flexibility index (Phi) is 7.03. The molecule has 1 aromatic rings. The lowest BCUT2D eigenvalue weighted by atomic mass is 10.1. The highest BCUT2D eigenvalue weighted by Gasteiger charge is 2.32. The predicted molar refractivity (Wildman–Crippen MR) is 92.3 cm³/mol. The van der Waals surface area contributed by atoms with Crippen molar-refractivity contribution in [2.45, 2.75) is 43.6 Å². The summed E-state index contributed by atoms with van der Waals surface area (Å²) in [5, 5.41) is 2.32. The highest BCUT2D eigenvalue weighted by atomic mass is 32.2. The molecule has 8 nitrogen and oxygen atoms in total. The number of unbranched alkanes of at least 4 members (excludes halogenated alkanes) is 1. The number of ether oxygens (including phenoxy) is 1. The quantitative estimate of drug-likeness (QED) is 0.429. The van der Waals surface area contributed by atoms with Gasteiger partial charge >= 0.3 is 0 Å². The molecule has 1 heterocycles. The summed E-state index contributed by atoms with van der Waals surface area (Å²) in [6.07, 6.45) is 3.35. The molecule has 2 rings (SSSR count). The molecule has 0 unspecified atom stereocenters. The zero-order valence-electron chi connectivity index (χ0n) is 14.2. The first-order chi connectivity index (χ1) is 12.0. The van der Waals surface area contributed by atoms with Crippen molar-refractivity contribution in [3.63, 3.8) is 0 Å². The fraction of sp³-hybridized carbons (Fsp3) is 0.562. The molecule has 0 saturated carbocycles. The molecule has 0 atom stereocenters. The topological polar surface area (TPSA) is 105 Å². The van der Waals surface area contributed by atoms with E-state index in [1.807, 2.05) is 0 Å². The van der Waals surface area contributed by atoms with Gasteiger partial charge in [-0.2, -0.15) is 4.31 Å². The van der Waals surface area contributed by atoms with E-state index in [0.717, 1.165) is 12.8 Å². The first kappa shape index (κ1) is 19.5. The minimum absolute atomic E-state index is 0.0656. The van der Waals surface area contributed by atoms with E-state index >= 15 is 0 Å². The van der Waals surface area contributed by atoms with Gasteiger partial charge in [0.05, 0.1) is 21.8 Å². The molecule has 138 valence electrons. The summed E-state index contributed by atoms with van der Waals surface area (Å²) >= 11 is 0. The molecule has 0 aromatic heterocycles. The van der Waals surface area contributed by atoms with Crippen LogP contribution in [0.4, 0.5) is 0 Å². The fourth-order valence-corrected chi connectivity index (χ4v) is 4.41. The molecule has 1 aromatic carbocycles. The molecule has 0 aliphatic carbocycles. The van der Waals surface area contributed by atoms with E-state index < -0.39 is 15.9 Å². The zero-order valence-corrected chi connectivity index (χ0v) is 15.0. The number of nitroso groups, excluding NO2 is 1. The Bertz CT molecular complexity index is 699. The van der Waals surface area contributed by atoms with Crippen molar-refractivity contribution in [3.8, 4) is 0 Å². The molecule has 1 fully saturated rings. The second-order valence-electron chi connectivity index (χ2n) is 5.86. The van der Waals surface area contributed by atoms with Crippen molar-refractivity contribution in [1.29, 1.82) is 0 Å². The van der Waals surface area contributed by atoms with Crippen LogP contribution in [0.25, 0.3) is 0 Å². The number of nitrogens with zero attached hydrogens (tertiary/aromatic N) is 2. The number of rotatable bonds is 8. The monoisotopic (exact) mass is 369 g/mol. The van der Waals surface area contributed by atoms with E-state index in [1.54, 1.807) is 11.5 Å². The molecular formula is C16H23N3O5S. The largest absolute Gasteiger partial charge is 0.378 e. The van der Waals surface area contributed by atoms with Crippen LogP contribution in [0.5, 0.6) is 0 Å². The van der Waals surface area contributed by atoms with Crippen LogP contribution >= 0.6 is 0 Å². The Balaban J connectivity index is 2.10. The van der Waals surface area contributed by atoms with Gasteiger partial charge in [0.25, 0.3) is 5.91 Å². The molecule has 0 radical (unpaired) electrons. The Hall–Kier alpha value is -1.84. The van der Waals surface area contributed by atoms with Crippen molar-refractivity contribution in [2.24, 2.45) is 5.29 Å². The van der Waals surface area contributed by atoms with Gasteiger partial charge in [0.2, 0.25) is 10.0 Å². The molecule has 9 heteroatoms. The van der Waals surface area contributed by atoms with E-state index in [0.29, 0.717) is 32.5 Å². The maximum Gasteiger partial charge on any atom is 0.275 e. The number of benzene rings is 1. The molecule has 1 saturated heterocycles. The van der Waals surface area contributed by atoms with E-state index in [1.165, 1.54) is 22.5 Å². The first-order valence-corrected chi connectivity index (χ1v) is 9.78. The van der Waals surface area contributed by atoms with E-state index in [4.69, 9.17) is 4.74 Å². The Labute approximate surface area is 147 Å². The van der Waals surface area contributed by atoms with Crippen molar-refractivity contribution in [1.82, 2.24) is 9.73 Å². The number of hydrogen-bond acceptors (Lipinski definition) is 6. The number of nitrogens with one attached hydrogen (secondary N) is 1. The van der Waals surface area contributed by atoms with Crippen molar-refractivity contribution in [3.05, 3.63) is 34.7 Å². The van der Waals surface area contributed by atoms with Crippen LogP contribution in [0, 0.1) is 4.91 Å². The highest BCUT2D eigenvalue weighted by molar-refractivity contribution is 7.89. The molecule has 1 aliphatic heterocycles. The lowest BCUT2D eigenvalue weighted by Crippen LogP contribution is -2.41. The third-order valence-corrected chi connectivity index (χ3v) is 6.11. The molecule has 1 amide bonds. The molecule has 1 aliphatic rings. The standard InChI is InChI=1S/C16H23N3O5S/c1-2-3-12-24-13-8-10-19(11-9-13)25(22,23)15-7-5-4-6-14(15)16(20)17-18-21/h4-7,13H,2-3,8-12H2,1H3,(H,17,20,21). The van der Waals surface area contributed by atoms with Crippen LogP contribution < -0.4 is 5.43 Å². The van der Waals surface area contributed by atoms with Crippen LogP contribution in [0.3, 0.4) is 0 Å². The summed E-state index contributed by atoms with van der Waals surface area (Å²) in [7, 11) is -3.83. The second kappa shape index (κ2) is 9.02. The van der Waals surface area contributed by atoms with Gasteiger partial charge in [0.15, 0.2) is 0 Å². The van der Waals surface area contributed by atoms with Gasteiger partial charge in [-0.25, -0.2) is 13.8 Å². The van der Waals surface area contributed by atoms with Crippen LogP contribution in [0.2, 0.25) is 0 Å². The number of carbonyl (C=O) groups excluding carboxylic acids is 1. The van der Waals surface area contributed by atoms with Gasteiger partial charge in [-0.15, -0.1) is 4.91 Å². The maximum atomic E-state index is 12.9. The highest BCUT2D eigenvalue weighted by Crippen LogP contribution is 2.24. The summed E-state index contributed by atoms with van der Waals surface area (Å²) < 4.78 is 32.9. The van der Waals surface area contributed by atoms with Gasteiger partial charge in [-0.05, 0) is 31.4 Å². The number of piperidine rings is 1. The summed E-state index contributed by atoms with van der Waals surface area (Å²) in [5.74, 6) is -0.841. The third-order valence-electron chi connectivity index (χ3n) is 4.15. The van der Waals surface area contributed by atoms with Crippen molar-refractivity contribution in [2.75, 3.05) is 19.7 Å². The minimum atomic E-state index is -3.83. The van der Waals surface area contributed by atoms with E-state index in [2.05, 4.69) is 12.2 Å². The average Bonchev–Trinajstić information content (AvgIpc) is 2.62. The van der Waals surface area contributed by atoms with Gasteiger partial charge in [-0.3, -0.25) is 4.79 Å². The zero-order chi connectivity index (χ0) is 18.3. The minimum Gasteiger partial charge on any atom is -0.378 e. The van der Waals surface area contributed by atoms with Crippen LogP contribution in [-0.2, 0) is 14.8 Å². The van der Waals surface area contributed by atoms with Gasteiger partial charge in [-0.1, -0.05) is 25.5 Å². The molecule has 0 spiro atoms. The van der Waals surface area contributed by atoms with E-state index in [-0.39, 0.29) is 16.6 Å². The molecular weight excluding hydrogens is 346 g/mol.